The zero-order chi connectivity index (χ0) is 9.23. The summed E-state index contributed by atoms with van der Waals surface area (Å²) < 4.78 is 16.6. The Kier molecular flexibility index (Phi) is 8.19. The second kappa shape index (κ2) is 8.57. The monoisotopic (exact) mass is 174 g/mol. The molecule has 0 aliphatic heterocycles. The van der Waals surface area contributed by atoms with Crippen molar-refractivity contribution in [1.29, 1.82) is 0 Å². The van der Waals surface area contributed by atoms with Crippen molar-refractivity contribution in [3.05, 3.63) is 11.8 Å². The van der Waals surface area contributed by atoms with Gasteiger partial charge in [0.05, 0.1) is 5.76 Å². The zero-order valence-electron chi connectivity index (χ0n) is 8.11. The van der Waals surface area contributed by atoms with Gasteiger partial charge in [-0.1, -0.05) is 26.7 Å². The first-order valence-corrected chi connectivity index (χ1v) is 4.72. The zero-order valence-corrected chi connectivity index (χ0v) is 8.11. The average molecular weight is 174 g/mol. The SMILES string of the molecule is CCC=C(CCCCC)OCF. The van der Waals surface area contributed by atoms with Crippen LogP contribution < -0.4 is 0 Å². The van der Waals surface area contributed by atoms with E-state index < -0.39 is 6.86 Å². The van der Waals surface area contributed by atoms with E-state index in [0.29, 0.717) is 0 Å². The number of allylic oxidation sites excluding steroid dienone is 2. The summed E-state index contributed by atoms with van der Waals surface area (Å²) in [6.45, 7) is 3.48. The van der Waals surface area contributed by atoms with Crippen LogP contribution >= 0.6 is 0 Å². The fourth-order valence-electron chi connectivity index (χ4n) is 1.08. The average Bonchev–Trinajstić information content (AvgIpc) is 2.06. The second-order valence-electron chi connectivity index (χ2n) is 2.79. The number of rotatable bonds is 7. The molecule has 0 aromatic heterocycles. The van der Waals surface area contributed by atoms with E-state index in [1.54, 1.807) is 0 Å². The van der Waals surface area contributed by atoms with E-state index >= 15 is 0 Å². The number of halogens is 1. The molecule has 2 heteroatoms. The van der Waals surface area contributed by atoms with Crippen LogP contribution in [0.4, 0.5) is 4.39 Å². The third-order valence-corrected chi connectivity index (χ3v) is 1.70. The molecule has 0 aliphatic carbocycles. The predicted molar refractivity (Wildman–Crippen MR) is 49.6 cm³/mol. The lowest BCUT2D eigenvalue weighted by Crippen LogP contribution is -1.91. The van der Waals surface area contributed by atoms with Gasteiger partial charge in [0.2, 0.25) is 6.86 Å². The molecule has 1 nitrogen and oxygen atoms in total. The smallest absolute Gasteiger partial charge is 0.228 e. The van der Waals surface area contributed by atoms with Crippen molar-refractivity contribution in [1.82, 2.24) is 0 Å². The first-order valence-electron chi connectivity index (χ1n) is 4.72. The topological polar surface area (TPSA) is 9.23 Å². The normalized spacial score (nSPS) is 11.8. The molecule has 0 saturated carbocycles. The number of hydrogen-bond donors (Lipinski definition) is 0. The van der Waals surface area contributed by atoms with Gasteiger partial charge in [-0.3, -0.25) is 0 Å². The molecule has 0 aromatic rings. The van der Waals surface area contributed by atoms with Gasteiger partial charge in [0.1, 0.15) is 0 Å². The highest BCUT2D eigenvalue weighted by Gasteiger charge is 1.96. The molecule has 0 N–H and O–H groups in total. The molecule has 72 valence electrons. The van der Waals surface area contributed by atoms with Crippen molar-refractivity contribution < 1.29 is 9.13 Å². The highest BCUT2D eigenvalue weighted by atomic mass is 19.1. The first kappa shape index (κ1) is 11.5. The molecule has 0 radical (unpaired) electrons. The van der Waals surface area contributed by atoms with Crippen LogP contribution in [0, 0.1) is 0 Å². The van der Waals surface area contributed by atoms with Crippen molar-refractivity contribution >= 4 is 0 Å². The summed E-state index contributed by atoms with van der Waals surface area (Å²) in [5, 5.41) is 0. The molecule has 0 unspecified atom stereocenters. The third kappa shape index (κ3) is 6.20. The first-order chi connectivity index (χ1) is 5.85. The quantitative estimate of drug-likeness (QED) is 0.421. The maximum Gasteiger partial charge on any atom is 0.228 e. The highest BCUT2D eigenvalue weighted by molar-refractivity contribution is 4.91. The van der Waals surface area contributed by atoms with Gasteiger partial charge in [-0.15, -0.1) is 0 Å². The minimum Gasteiger partial charge on any atom is -0.468 e. The lowest BCUT2D eigenvalue weighted by atomic mass is 10.1. The van der Waals surface area contributed by atoms with Gasteiger partial charge in [0.25, 0.3) is 0 Å². The van der Waals surface area contributed by atoms with E-state index in [0.717, 1.165) is 25.0 Å². The largest absolute Gasteiger partial charge is 0.468 e. The number of alkyl halides is 1. The van der Waals surface area contributed by atoms with Crippen molar-refractivity contribution in [3.63, 3.8) is 0 Å². The maximum atomic E-state index is 11.8. The van der Waals surface area contributed by atoms with E-state index in [2.05, 4.69) is 6.92 Å². The van der Waals surface area contributed by atoms with Crippen LogP contribution in [0.1, 0.15) is 46.0 Å². The minimum atomic E-state index is -0.696. The molecule has 0 aliphatic rings. The van der Waals surface area contributed by atoms with Gasteiger partial charge in [-0.05, 0) is 18.9 Å². The fraction of sp³-hybridized carbons (Fsp3) is 0.800. The highest BCUT2D eigenvalue weighted by Crippen LogP contribution is 2.11. The summed E-state index contributed by atoms with van der Waals surface area (Å²) in [4.78, 5) is 0. The Labute approximate surface area is 74.6 Å². The molecule has 0 saturated heterocycles. The Balaban J connectivity index is 3.56. The van der Waals surface area contributed by atoms with Crippen molar-refractivity contribution in [2.45, 2.75) is 46.0 Å². The minimum absolute atomic E-state index is 0.696. The standard InChI is InChI=1S/C10H19FO/c1-3-5-6-8-10(7-4-2)12-9-11/h7H,3-6,8-9H2,1-2H3. The molecule has 0 rings (SSSR count). The summed E-state index contributed by atoms with van der Waals surface area (Å²) >= 11 is 0. The van der Waals surface area contributed by atoms with E-state index in [9.17, 15) is 4.39 Å². The van der Waals surface area contributed by atoms with Crippen LogP contribution in [-0.2, 0) is 4.74 Å². The maximum absolute atomic E-state index is 11.8. The Morgan fingerprint density at radius 2 is 2.08 bits per heavy atom. The summed E-state index contributed by atoms with van der Waals surface area (Å²) in [5.41, 5.74) is 0. The second-order valence-corrected chi connectivity index (χ2v) is 2.79. The third-order valence-electron chi connectivity index (χ3n) is 1.70. The van der Waals surface area contributed by atoms with Gasteiger partial charge in [0.15, 0.2) is 0 Å². The van der Waals surface area contributed by atoms with Gasteiger partial charge >= 0.3 is 0 Å². The van der Waals surface area contributed by atoms with Crippen molar-refractivity contribution in [2.24, 2.45) is 0 Å². The van der Waals surface area contributed by atoms with Crippen LogP contribution in [0.25, 0.3) is 0 Å². The lowest BCUT2D eigenvalue weighted by Gasteiger charge is -2.05. The fourth-order valence-corrected chi connectivity index (χ4v) is 1.08. The van der Waals surface area contributed by atoms with Gasteiger partial charge in [-0.2, -0.15) is 0 Å². The van der Waals surface area contributed by atoms with E-state index in [1.165, 1.54) is 12.8 Å². The van der Waals surface area contributed by atoms with Crippen LogP contribution in [-0.4, -0.2) is 6.86 Å². The van der Waals surface area contributed by atoms with Crippen LogP contribution in [0.3, 0.4) is 0 Å². The van der Waals surface area contributed by atoms with E-state index in [4.69, 9.17) is 4.74 Å². The molecular weight excluding hydrogens is 155 g/mol. The molecular formula is C10H19FO. The Hall–Kier alpha value is -0.530. The summed E-state index contributed by atoms with van der Waals surface area (Å²) in [5.74, 6) is 0.813. The van der Waals surface area contributed by atoms with Crippen LogP contribution in [0.2, 0.25) is 0 Å². The molecule has 0 spiro atoms. The molecule has 0 heterocycles. The lowest BCUT2D eigenvalue weighted by molar-refractivity contribution is 0.108. The predicted octanol–water partition coefficient (Wildman–Crippen LogP) is 3.80. The molecule has 0 fully saturated rings. The summed E-state index contributed by atoms with van der Waals surface area (Å²) in [6.07, 6.45) is 7.23. The molecule has 12 heavy (non-hydrogen) atoms. The van der Waals surface area contributed by atoms with E-state index in [1.807, 2.05) is 13.0 Å². The number of ether oxygens (including phenoxy) is 1. The van der Waals surface area contributed by atoms with Crippen LogP contribution in [0.5, 0.6) is 0 Å². The van der Waals surface area contributed by atoms with E-state index in [-0.39, 0.29) is 0 Å². The number of unbranched alkanes of at least 4 members (excludes halogenated alkanes) is 2. The summed E-state index contributed by atoms with van der Waals surface area (Å²) in [6, 6.07) is 0. The Morgan fingerprint density at radius 1 is 1.33 bits per heavy atom. The Morgan fingerprint density at radius 3 is 2.58 bits per heavy atom. The van der Waals surface area contributed by atoms with Crippen LogP contribution in [0.15, 0.2) is 11.8 Å². The molecule has 0 amide bonds. The van der Waals surface area contributed by atoms with Gasteiger partial charge in [-0.25, -0.2) is 4.39 Å². The molecule has 0 aromatic carbocycles. The van der Waals surface area contributed by atoms with Crippen molar-refractivity contribution in [2.75, 3.05) is 6.86 Å². The van der Waals surface area contributed by atoms with Gasteiger partial charge in [0, 0.05) is 6.42 Å². The van der Waals surface area contributed by atoms with Crippen molar-refractivity contribution in [3.8, 4) is 0 Å². The molecule has 0 bridgehead atoms. The van der Waals surface area contributed by atoms with Gasteiger partial charge < -0.3 is 4.74 Å². The number of hydrogen-bond acceptors (Lipinski definition) is 1. The Bertz CT molecular complexity index is 121. The molecule has 0 atom stereocenters. The summed E-state index contributed by atoms with van der Waals surface area (Å²) in [7, 11) is 0.